The maximum Gasteiger partial charge on any atom is 0.437 e. The van der Waals surface area contributed by atoms with Crippen molar-refractivity contribution in [3.05, 3.63) is 82.0 Å². The highest BCUT2D eigenvalue weighted by Gasteiger charge is 2.37. The molecule has 0 saturated carbocycles. The largest absolute Gasteiger partial charge is 0.451 e. The van der Waals surface area contributed by atoms with Crippen molar-refractivity contribution in [1.82, 2.24) is 19.7 Å². The Kier molecular flexibility index (Phi) is 6.22. The Hall–Kier alpha value is -4.51. The maximum atomic E-state index is 12.1. The number of fused-ring (bicyclic) bond motifs is 1. The van der Waals surface area contributed by atoms with Gasteiger partial charge in [-0.3, -0.25) is 0 Å². The fourth-order valence-electron chi connectivity index (χ4n) is 4.18. The van der Waals surface area contributed by atoms with E-state index in [0.29, 0.717) is 29.2 Å². The molecule has 3 heterocycles. The van der Waals surface area contributed by atoms with Gasteiger partial charge in [0.2, 0.25) is 5.95 Å². The molecule has 0 radical (unpaired) electrons. The Morgan fingerprint density at radius 2 is 1.89 bits per heavy atom. The van der Waals surface area contributed by atoms with Gasteiger partial charge in [0.1, 0.15) is 11.4 Å². The van der Waals surface area contributed by atoms with Crippen molar-refractivity contribution in [3.8, 4) is 11.5 Å². The zero-order valence-corrected chi connectivity index (χ0v) is 20.6. The van der Waals surface area contributed by atoms with Crippen LogP contribution < -0.4 is 16.4 Å². The standard InChI is InChI=1S/C26H26N6O5/c1-4-32-25(35)36-22(31-32)18-13-27-24(30-21(18)29-20(14-33)15-8-6-5-7-9-15)28-16-10-11-17-19(12-16)26(2,3)37-23(17)34/h5-13,20,33H,4,14H2,1-3H3,(H2,27,28,29,30). The van der Waals surface area contributed by atoms with Crippen LogP contribution in [0.1, 0.15) is 48.3 Å². The predicted octanol–water partition coefficient (Wildman–Crippen LogP) is 3.61. The number of nitrogens with zero attached hydrogens (tertiary/aromatic N) is 4. The molecule has 37 heavy (non-hydrogen) atoms. The molecule has 11 heteroatoms. The number of aromatic nitrogens is 4. The molecule has 0 amide bonds. The third kappa shape index (κ3) is 4.68. The zero-order chi connectivity index (χ0) is 26.2. The SMILES string of the molecule is CCn1nc(-c2cnc(Nc3ccc4c(c3)C(C)(C)OC4=O)nc2NC(CO)c2ccccc2)oc1=O. The number of hydrogen-bond acceptors (Lipinski definition) is 10. The first-order chi connectivity index (χ1) is 17.8. The van der Waals surface area contributed by atoms with Gasteiger partial charge in [0.15, 0.2) is 0 Å². The van der Waals surface area contributed by atoms with E-state index in [-0.39, 0.29) is 24.4 Å². The molecule has 0 aliphatic carbocycles. The van der Waals surface area contributed by atoms with Crippen LogP contribution in [-0.4, -0.2) is 37.4 Å². The van der Waals surface area contributed by atoms with Gasteiger partial charge < -0.3 is 24.9 Å². The van der Waals surface area contributed by atoms with Crippen LogP contribution in [0.25, 0.3) is 11.5 Å². The molecule has 2 aromatic carbocycles. The summed E-state index contributed by atoms with van der Waals surface area (Å²) in [7, 11) is 0. The van der Waals surface area contributed by atoms with Crippen LogP contribution >= 0.6 is 0 Å². The van der Waals surface area contributed by atoms with Crippen molar-refractivity contribution in [1.29, 1.82) is 0 Å². The third-order valence-electron chi connectivity index (χ3n) is 6.11. The highest BCUT2D eigenvalue weighted by Crippen LogP contribution is 2.38. The fourth-order valence-corrected chi connectivity index (χ4v) is 4.18. The molecule has 0 spiro atoms. The average Bonchev–Trinajstić information content (AvgIpc) is 3.38. The molecular formula is C26H26N6O5. The Bertz CT molecular complexity index is 1510. The second-order valence-corrected chi connectivity index (χ2v) is 9.02. The van der Waals surface area contributed by atoms with E-state index < -0.39 is 17.4 Å². The Morgan fingerprint density at radius 3 is 2.59 bits per heavy atom. The summed E-state index contributed by atoms with van der Waals surface area (Å²) >= 11 is 0. The van der Waals surface area contributed by atoms with Crippen LogP contribution in [0, 0.1) is 0 Å². The van der Waals surface area contributed by atoms with Gasteiger partial charge >= 0.3 is 11.7 Å². The molecule has 4 aromatic rings. The van der Waals surface area contributed by atoms with Gasteiger partial charge in [-0.05, 0) is 44.5 Å². The lowest BCUT2D eigenvalue weighted by atomic mass is 9.95. The quantitative estimate of drug-likeness (QED) is 0.306. The van der Waals surface area contributed by atoms with E-state index in [9.17, 15) is 14.7 Å². The van der Waals surface area contributed by atoms with Crippen molar-refractivity contribution >= 4 is 23.4 Å². The number of anilines is 3. The molecule has 3 N–H and O–H groups in total. The lowest BCUT2D eigenvalue weighted by Gasteiger charge is -2.20. The number of ether oxygens (including phenoxy) is 1. The van der Waals surface area contributed by atoms with Crippen molar-refractivity contribution in [2.75, 3.05) is 17.2 Å². The van der Waals surface area contributed by atoms with Gasteiger partial charge in [-0.1, -0.05) is 30.3 Å². The van der Waals surface area contributed by atoms with Crippen molar-refractivity contribution < 1.29 is 19.1 Å². The minimum absolute atomic E-state index is 0.0561. The summed E-state index contributed by atoms with van der Waals surface area (Å²) in [5, 5.41) is 20.7. The lowest BCUT2D eigenvalue weighted by Crippen LogP contribution is -2.17. The Morgan fingerprint density at radius 1 is 1.11 bits per heavy atom. The molecule has 1 unspecified atom stereocenters. The monoisotopic (exact) mass is 502 g/mol. The summed E-state index contributed by atoms with van der Waals surface area (Å²) in [6.07, 6.45) is 1.49. The number of benzene rings is 2. The second kappa shape index (κ2) is 9.51. The molecule has 0 fully saturated rings. The van der Waals surface area contributed by atoms with E-state index in [4.69, 9.17) is 9.15 Å². The summed E-state index contributed by atoms with van der Waals surface area (Å²) < 4.78 is 12.0. The van der Waals surface area contributed by atoms with Gasteiger partial charge in [-0.2, -0.15) is 9.67 Å². The number of cyclic esters (lactones) is 1. The van der Waals surface area contributed by atoms with Gasteiger partial charge in [0.25, 0.3) is 5.89 Å². The first kappa shape index (κ1) is 24.2. The van der Waals surface area contributed by atoms with E-state index in [1.165, 1.54) is 10.9 Å². The van der Waals surface area contributed by atoms with Crippen LogP contribution in [-0.2, 0) is 16.9 Å². The highest BCUT2D eigenvalue weighted by molar-refractivity contribution is 5.95. The third-order valence-corrected chi connectivity index (χ3v) is 6.11. The topological polar surface area (TPSA) is 144 Å². The molecule has 0 bridgehead atoms. The number of rotatable bonds is 8. The number of esters is 1. The van der Waals surface area contributed by atoms with E-state index in [1.54, 1.807) is 19.1 Å². The van der Waals surface area contributed by atoms with Crippen LogP contribution in [0.15, 0.2) is 63.9 Å². The lowest BCUT2D eigenvalue weighted by molar-refractivity contribution is 0.00954. The van der Waals surface area contributed by atoms with Crippen LogP contribution in [0.5, 0.6) is 0 Å². The Balaban J connectivity index is 1.52. The number of aliphatic hydroxyl groups excluding tert-OH is 1. The second-order valence-electron chi connectivity index (χ2n) is 9.02. The molecule has 0 saturated heterocycles. The number of carbonyl (C=O) groups is 1. The van der Waals surface area contributed by atoms with Gasteiger partial charge in [0, 0.05) is 24.0 Å². The molecule has 11 nitrogen and oxygen atoms in total. The smallest absolute Gasteiger partial charge is 0.437 e. The van der Waals surface area contributed by atoms with Gasteiger partial charge in [-0.25, -0.2) is 14.6 Å². The van der Waals surface area contributed by atoms with Crippen molar-refractivity contribution in [2.24, 2.45) is 0 Å². The zero-order valence-electron chi connectivity index (χ0n) is 20.6. The summed E-state index contributed by atoms with van der Waals surface area (Å²) in [6.45, 7) is 5.57. The van der Waals surface area contributed by atoms with E-state index in [0.717, 1.165) is 11.1 Å². The van der Waals surface area contributed by atoms with Crippen molar-refractivity contribution in [3.63, 3.8) is 0 Å². The number of carbonyl (C=O) groups excluding carboxylic acids is 1. The summed E-state index contributed by atoms with van der Waals surface area (Å²) in [5.74, 6) is -0.339. The van der Waals surface area contributed by atoms with E-state index in [2.05, 4.69) is 25.7 Å². The minimum atomic E-state index is -0.749. The normalized spacial score (nSPS) is 14.6. The molecule has 2 aromatic heterocycles. The van der Waals surface area contributed by atoms with Crippen molar-refractivity contribution in [2.45, 2.75) is 39.0 Å². The van der Waals surface area contributed by atoms with E-state index in [1.807, 2.05) is 50.2 Å². The van der Waals surface area contributed by atoms with Crippen LogP contribution in [0.3, 0.4) is 0 Å². The van der Waals surface area contributed by atoms with Gasteiger partial charge in [-0.15, -0.1) is 5.10 Å². The highest BCUT2D eigenvalue weighted by atomic mass is 16.6. The number of aryl methyl sites for hydroxylation is 1. The average molecular weight is 503 g/mol. The summed E-state index contributed by atoms with van der Waals surface area (Å²) in [5.41, 5.74) is 2.39. The number of hydrogen-bond donors (Lipinski definition) is 3. The molecule has 1 atom stereocenters. The summed E-state index contributed by atoms with van der Waals surface area (Å²) in [6, 6.07) is 14.2. The first-order valence-corrected chi connectivity index (χ1v) is 11.8. The van der Waals surface area contributed by atoms with E-state index >= 15 is 0 Å². The maximum absolute atomic E-state index is 12.1. The molecule has 5 rings (SSSR count). The predicted molar refractivity (Wildman–Crippen MR) is 136 cm³/mol. The molecule has 1 aliphatic rings. The van der Waals surface area contributed by atoms with Crippen LogP contribution in [0.2, 0.25) is 0 Å². The minimum Gasteiger partial charge on any atom is -0.451 e. The number of aliphatic hydroxyl groups is 1. The fraction of sp³-hybridized carbons (Fsp3) is 0.269. The molecule has 190 valence electrons. The molecular weight excluding hydrogens is 476 g/mol. The Labute approximate surface area is 212 Å². The first-order valence-electron chi connectivity index (χ1n) is 11.8. The van der Waals surface area contributed by atoms with Gasteiger partial charge in [0.05, 0.1) is 23.8 Å². The summed E-state index contributed by atoms with van der Waals surface area (Å²) in [4.78, 5) is 33.3. The van der Waals surface area contributed by atoms with Crippen LogP contribution in [0.4, 0.5) is 17.5 Å². The molecule has 1 aliphatic heterocycles. The number of nitrogens with one attached hydrogen (secondary N) is 2.